The van der Waals surface area contributed by atoms with Crippen molar-refractivity contribution in [3.05, 3.63) is 42.0 Å². The molecule has 0 saturated heterocycles. The first-order valence-corrected chi connectivity index (χ1v) is 6.71. The molecule has 7 nitrogen and oxygen atoms in total. The van der Waals surface area contributed by atoms with Crippen LogP contribution in [-0.2, 0) is 11.3 Å². The Morgan fingerprint density at radius 1 is 1.38 bits per heavy atom. The minimum absolute atomic E-state index is 0.119. The van der Waals surface area contributed by atoms with E-state index >= 15 is 0 Å². The van der Waals surface area contributed by atoms with Crippen LogP contribution in [0.3, 0.4) is 0 Å². The van der Waals surface area contributed by atoms with E-state index in [0.717, 1.165) is 5.56 Å². The highest BCUT2D eigenvalue weighted by Crippen LogP contribution is 2.00. The monoisotopic (exact) mass is 302 g/mol. The van der Waals surface area contributed by atoms with Crippen LogP contribution in [0.5, 0.6) is 0 Å². The highest BCUT2D eigenvalue weighted by Gasteiger charge is 2.05. The smallest absolute Gasteiger partial charge is 0.269 e. The SMILES string of the molecule is CCn1nnc(NC(=S)NC(=O)C=Cc2ccccc2)n1. The molecule has 21 heavy (non-hydrogen) atoms. The predicted molar refractivity (Wildman–Crippen MR) is 83.3 cm³/mol. The molecule has 0 spiro atoms. The zero-order valence-electron chi connectivity index (χ0n) is 11.4. The topological polar surface area (TPSA) is 84.7 Å². The fourth-order valence-electron chi connectivity index (χ4n) is 1.45. The van der Waals surface area contributed by atoms with Gasteiger partial charge in [-0.2, -0.15) is 4.80 Å². The lowest BCUT2D eigenvalue weighted by molar-refractivity contribution is -0.115. The number of hydrogen-bond acceptors (Lipinski definition) is 5. The lowest BCUT2D eigenvalue weighted by atomic mass is 10.2. The van der Waals surface area contributed by atoms with Crippen molar-refractivity contribution < 1.29 is 4.79 Å². The Morgan fingerprint density at radius 3 is 2.81 bits per heavy atom. The van der Waals surface area contributed by atoms with Crippen LogP contribution in [0.15, 0.2) is 36.4 Å². The van der Waals surface area contributed by atoms with E-state index in [1.807, 2.05) is 37.3 Å². The summed E-state index contributed by atoms with van der Waals surface area (Å²) < 4.78 is 0. The van der Waals surface area contributed by atoms with Gasteiger partial charge < -0.3 is 0 Å². The summed E-state index contributed by atoms with van der Waals surface area (Å²) in [4.78, 5) is 13.1. The number of tetrazole rings is 1. The maximum Gasteiger partial charge on any atom is 0.269 e. The first kappa shape index (κ1) is 14.8. The lowest BCUT2D eigenvalue weighted by Gasteiger charge is -2.03. The number of nitrogens with zero attached hydrogens (tertiary/aromatic N) is 4. The predicted octanol–water partition coefficient (Wildman–Crippen LogP) is 1.22. The van der Waals surface area contributed by atoms with E-state index in [1.54, 1.807) is 6.08 Å². The Labute approximate surface area is 127 Å². The lowest BCUT2D eigenvalue weighted by Crippen LogP contribution is -2.33. The molecule has 0 unspecified atom stereocenters. The van der Waals surface area contributed by atoms with Crippen molar-refractivity contribution in [2.75, 3.05) is 5.32 Å². The van der Waals surface area contributed by atoms with Gasteiger partial charge >= 0.3 is 0 Å². The molecule has 0 aliphatic carbocycles. The number of hydrogen-bond donors (Lipinski definition) is 2. The molecule has 108 valence electrons. The highest BCUT2D eigenvalue weighted by atomic mass is 32.1. The Morgan fingerprint density at radius 2 is 2.14 bits per heavy atom. The third-order valence-electron chi connectivity index (χ3n) is 2.42. The number of aromatic nitrogens is 4. The standard InChI is InChI=1S/C13H14N6OS/c1-2-19-17-12(16-18-19)15-13(21)14-11(20)9-8-10-6-4-3-5-7-10/h3-9H,2H2,1H3,(H2,14,15,17,20,21). The third kappa shape index (κ3) is 4.77. The van der Waals surface area contributed by atoms with E-state index in [-0.39, 0.29) is 17.0 Å². The Hall–Kier alpha value is -2.61. The molecule has 8 heteroatoms. The second-order valence-electron chi connectivity index (χ2n) is 3.99. The van der Waals surface area contributed by atoms with E-state index in [2.05, 4.69) is 26.0 Å². The maximum atomic E-state index is 11.7. The molecule has 0 saturated carbocycles. The van der Waals surface area contributed by atoms with Gasteiger partial charge in [0.15, 0.2) is 5.11 Å². The zero-order chi connectivity index (χ0) is 15.1. The van der Waals surface area contributed by atoms with Crippen LogP contribution in [0.4, 0.5) is 5.95 Å². The van der Waals surface area contributed by atoms with E-state index in [1.165, 1.54) is 10.9 Å². The fraction of sp³-hybridized carbons (Fsp3) is 0.154. The minimum atomic E-state index is -0.334. The molecule has 1 aromatic carbocycles. The third-order valence-corrected chi connectivity index (χ3v) is 2.63. The first-order chi connectivity index (χ1) is 10.2. The number of anilines is 1. The largest absolute Gasteiger partial charge is 0.299 e. The average Bonchev–Trinajstić information content (AvgIpc) is 2.93. The zero-order valence-corrected chi connectivity index (χ0v) is 12.2. The van der Waals surface area contributed by atoms with Crippen LogP contribution < -0.4 is 10.6 Å². The Kier molecular flexibility index (Phi) is 5.10. The molecular weight excluding hydrogens is 288 g/mol. The number of carbonyl (C=O) groups is 1. The van der Waals surface area contributed by atoms with Crippen molar-refractivity contribution in [2.45, 2.75) is 13.5 Å². The van der Waals surface area contributed by atoms with Crippen molar-refractivity contribution in [3.63, 3.8) is 0 Å². The molecule has 0 atom stereocenters. The second-order valence-corrected chi connectivity index (χ2v) is 4.40. The fourth-order valence-corrected chi connectivity index (χ4v) is 1.64. The van der Waals surface area contributed by atoms with Gasteiger partial charge in [0.25, 0.3) is 5.95 Å². The molecule has 0 fully saturated rings. The number of nitrogens with one attached hydrogen (secondary N) is 2. The van der Waals surface area contributed by atoms with Crippen LogP contribution in [-0.4, -0.2) is 31.2 Å². The summed E-state index contributed by atoms with van der Waals surface area (Å²) in [5, 5.41) is 16.8. The van der Waals surface area contributed by atoms with Gasteiger partial charge in [-0.15, -0.1) is 5.10 Å². The van der Waals surface area contributed by atoms with Gasteiger partial charge in [0.2, 0.25) is 5.91 Å². The Bertz CT molecular complexity index is 652. The van der Waals surface area contributed by atoms with Crippen LogP contribution in [0.1, 0.15) is 12.5 Å². The van der Waals surface area contributed by atoms with E-state index in [0.29, 0.717) is 6.54 Å². The molecule has 1 aromatic heterocycles. The number of benzene rings is 1. The summed E-state index contributed by atoms with van der Waals surface area (Å²) in [7, 11) is 0. The van der Waals surface area contributed by atoms with Crippen LogP contribution >= 0.6 is 12.2 Å². The molecule has 2 aromatic rings. The Balaban J connectivity index is 1.84. The number of carbonyl (C=O) groups excluding carboxylic acids is 1. The van der Waals surface area contributed by atoms with Gasteiger partial charge in [0.05, 0.1) is 6.54 Å². The maximum absolute atomic E-state index is 11.7. The van der Waals surface area contributed by atoms with Crippen LogP contribution in [0, 0.1) is 0 Å². The van der Waals surface area contributed by atoms with E-state index in [9.17, 15) is 4.79 Å². The first-order valence-electron chi connectivity index (χ1n) is 6.30. The average molecular weight is 302 g/mol. The number of amides is 1. The molecule has 0 aliphatic rings. The summed E-state index contributed by atoms with van der Waals surface area (Å²) in [5.41, 5.74) is 0.930. The summed E-state index contributed by atoms with van der Waals surface area (Å²) >= 11 is 4.99. The minimum Gasteiger partial charge on any atom is -0.299 e. The van der Waals surface area contributed by atoms with Gasteiger partial charge in [-0.25, -0.2) is 0 Å². The second kappa shape index (κ2) is 7.25. The van der Waals surface area contributed by atoms with Crippen LogP contribution in [0.25, 0.3) is 6.08 Å². The summed E-state index contributed by atoms with van der Waals surface area (Å²) in [6, 6.07) is 9.49. The molecule has 0 radical (unpaired) electrons. The van der Waals surface area contributed by atoms with Gasteiger partial charge in [0.1, 0.15) is 0 Å². The van der Waals surface area contributed by atoms with Crippen molar-refractivity contribution in [3.8, 4) is 0 Å². The number of aryl methyl sites for hydroxylation is 1. The molecule has 1 amide bonds. The molecular formula is C13H14N6OS. The summed E-state index contributed by atoms with van der Waals surface area (Å²) in [5.74, 6) is -0.0894. The quantitative estimate of drug-likeness (QED) is 0.652. The van der Waals surface area contributed by atoms with Crippen molar-refractivity contribution in [1.82, 2.24) is 25.5 Å². The van der Waals surface area contributed by atoms with Gasteiger partial charge in [-0.05, 0) is 36.0 Å². The van der Waals surface area contributed by atoms with E-state index < -0.39 is 0 Å². The molecule has 2 N–H and O–H groups in total. The summed E-state index contributed by atoms with van der Waals surface area (Å²) in [6.45, 7) is 2.49. The van der Waals surface area contributed by atoms with Crippen molar-refractivity contribution in [1.29, 1.82) is 0 Å². The van der Waals surface area contributed by atoms with Gasteiger partial charge in [-0.1, -0.05) is 35.4 Å². The molecule has 2 rings (SSSR count). The normalized spacial score (nSPS) is 10.5. The molecule has 0 aliphatic heterocycles. The number of rotatable bonds is 4. The molecule has 0 bridgehead atoms. The van der Waals surface area contributed by atoms with Gasteiger partial charge in [-0.3, -0.25) is 15.4 Å². The van der Waals surface area contributed by atoms with Crippen molar-refractivity contribution in [2.24, 2.45) is 0 Å². The highest BCUT2D eigenvalue weighted by molar-refractivity contribution is 7.80. The van der Waals surface area contributed by atoms with Crippen molar-refractivity contribution >= 4 is 35.3 Å². The van der Waals surface area contributed by atoms with E-state index in [4.69, 9.17) is 12.2 Å². The molecule has 1 heterocycles. The number of thiocarbonyl (C=S) groups is 1. The summed E-state index contributed by atoms with van der Waals surface area (Å²) in [6.07, 6.45) is 3.10. The van der Waals surface area contributed by atoms with Gasteiger partial charge in [0, 0.05) is 6.08 Å². The van der Waals surface area contributed by atoms with Crippen LogP contribution in [0.2, 0.25) is 0 Å².